The van der Waals surface area contributed by atoms with Gasteiger partial charge in [-0.3, -0.25) is 10.1 Å². The summed E-state index contributed by atoms with van der Waals surface area (Å²) in [5, 5.41) is 12.6. The van der Waals surface area contributed by atoms with Crippen LogP contribution >= 0.6 is 46.0 Å². The average molecular weight is 386 g/mol. The van der Waals surface area contributed by atoms with E-state index in [1.54, 1.807) is 18.9 Å². The number of fused-ring (bicyclic) bond motifs is 1. The third kappa shape index (κ3) is 3.84. The molecule has 0 bridgehead atoms. The molecule has 3 aromatic rings. The summed E-state index contributed by atoms with van der Waals surface area (Å²) in [5.74, 6) is 0.530. The van der Waals surface area contributed by atoms with Crippen molar-refractivity contribution in [3.05, 3.63) is 34.2 Å². The van der Waals surface area contributed by atoms with Gasteiger partial charge in [-0.05, 0) is 6.07 Å². The fourth-order valence-electron chi connectivity index (χ4n) is 1.84. The van der Waals surface area contributed by atoms with Crippen LogP contribution in [0.2, 0.25) is 5.02 Å². The van der Waals surface area contributed by atoms with Crippen LogP contribution in [-0.4, -0.2) is 35.6 Å². The number of carbonyl (C=O) groups excluding carboxylic acids is 1. The molecule has 9 heteroatoms. The quantitative estimate of drug-likeness (QED) is 0.387. The molecule has 0 radical (unpaired) electrons. The lowest BCUT2D eigenvalue weighted by Crippen LogP contribution is -2.10. The van der Waals surface area contributed by atoms with Gasteiger partial charge in [0.15, 0.2) is 4.34 Å². The Morgan fingerprint density at radius 3 is 2.96 bits per heavy atom. The number of carbonyl (C=O) groups is 1. The zero-order valence-electron chi connectivity index (χ0n) is 12.0. The number of thiophene rings is 1. The van der Waals surface area contributed by atoms with Gasteiger partial charge in [0.2, 0.25) is 5.13 Å². The van der Waals surface area contributed by atoms with Crippen LogP contribution in [-0.2, 0) is 4.74 Å². The van der Waals surface area contributed by atoms with Gasteiger partial charge in [-0.1, -0.05) is 52.9 Å². The number of halogens is 1. The van der Waals surface area contributed by atoms with Crippen molar-refractivity contribution in [3.63, 3.8) is 0 Å². The highest BCUT2D eigenvalue weighted by molar-refractivity contribution is 8.01. The SMILES string of the molecule is COCCSc1nnc(NC(=O)c2sc3ccccc3c2Cl)s1. The topological polar surface area (TPSA) is 64.1 Å². The molecule has 0 fully saturated rings. The van der Waals surface area contributed by atoms with E-state index in [-0.39, 0.29) is 5.91 Å². The molecular formula is C14H12ClN3O2S3. The maximum atomic E-state index is 12.4. The first-order valence-corrected chi connectivity index (χ1v) is 9.62. The highest BCUT2D eigenvalue weighted by Crippen LogP contribution is 2.35. The third-order valence-corrected chi connectivity index (χ3v) is 6.49. The highest BCUT2D eigenvalue weighted by atomic mass is 35.5. The summed E-state index contributed by atoms with van der Waals surface area (Å²) in [4.78, 5) is 12.9. The second-order valence-corrected chi connectivity index (χ2v) is 8.16. The van der Waals surface area contributed by atoms with Crippen LogP contribution in [0.1, 0.15) is 9.67 Å². The first kappa shape index (κ1) is 16.7. The molecule has 1 aromatic carbocycles. The van der Waals surface area contributed by atoms with E-state index in [0.29, 0.717) is 21.6 Å². The summed E-state index contributed by atoms with van der Waals surface area (Å²) in [6.07, 6.45) is 0. The monoisotopic (exact) mass is 385 g/mol. The summed E-state index contributed by atoms with van der Waals surface area (Å²) in [7, 11) is 1.65. The Bertz CT molecular complexity index is 834. The van der Waals surface area contributed by atoms with Crippen LogP contribution in [0.5, 0.6) is 0 Å². The molecule has 5 nitrogen and oxygen atoms in total. The molecule has 0 saturated heterocycles. The van der Waals surface area contributed by atoms with E-state index in [0.717, 1.165) is 20.2 Å². The van der Waals surface area contributed by atoms with E-state index in [4.69, 9.17) is 16.3 Å². The minimum Gasteiger partial charge on any atom is -0.384 e. The Hall–Kier alpha value is -1.19. The van der Waals surface area contributed by atoms with Gasteiger partial charge < -0.3 is 4.74 Å². The van der Waals surface area contributed by atoms with Gasteiger partial charge in [-0.2, -0.15) is 0 Å². The van der Waals surface area contributed by atoms with E-state index in [9.17, 15) is 4.79 Å². The molecule has 1 N–H and O–H groups in total. The van der Waals surface area contributed by atoms with Gasteiger partial charge in [0, 0.05) is 22.9 Å². The molecular weight excluding hydrogens is 374 g/mol. The molecule has 2 aromatic heterocycles. The molecule has 3 rings (SSSR count). The van der Waals surface area contributed by atoms with E-state index in [2.05, 4.69) is 15.5 Å². The summed E-state index contributed by atoms with van der Waals surface area (Å²) in [6, 6.07) is 7.67. The number of amides is 1. The van der Waals surface area contributed by atoms with Crippen molar-refractivity contribution in [1.82, 2.24) is 10.2 Å². The van der Waals surface area contributed by atoms with Gasteiger partial charge >= 0.3 is 0 Å². The first-order valence-electron chi connectivity index (χ1n) is 6.62. The molecule has 0 aliphatic heterocycles. The smallest absolute Gasteiger partial charge is 0.269 e. The Kier molecular flexibility index (Phi) is 5.50. The minimum atomic E-state index is -0.263. The Morgan fingerprint density at radius 1 is 1.35 bits per heavy atom. The average Bonchev–Trinajstić information content (AvgIpc) is 3.13. The third-order valence-electron chi connectivity index (χ3n) is 2.88. The fraction of sp³-hybridized carbons (Fsp3) is 0.214. The van der Waals surface area contributed by atoms with Crippen molar-refractivity contribution in [2.75, 3.05) is 24.8 Å². The number of benzene rings is 1. The van der Waals surface area contributed by atoms with Crippen LogP contribution in [0.3, 0.4) is 0 Å². The number of thioether (sulfide) groups is 1. The van der Waals surface area contributed by atoms with Crippen molar-refractivity contribution in [2.45, 2.75) is 4.34 Å². The van der Waals surface area contributed by atoms with Crippen LogP contribution < -0.4 is 5.32 Å². The zero-order valence-corrected chi connectivity index (χ0v) is 15.2. The number of rotatable bonds is 6. The lowest BCUT2D eigenvalue weighted by atomic mass is 10.2. The summed E-state index contributed by atoms with van der Waals surface area (Å²) in [6.45, 7) is 0.642. The van der Waals surface area contributed by atoms with Gasteiger partial charge in [-0.15, -0.1) is 21.5 Å². The number of methoxy groups -OCH3 is 1. The number of aromatic nitrogens is 2. The largest absolute Gasteiger partial charge is 0.384 e. The number of anilines is 1. The van der Waals surface area contributed by atoms with E-state index < -0.39 is 0 Å². The Labute approximate surface area is 150 Å². The predicted molar refractivity (Wildman–Crippen MR) is 97.3 cm³/mol. The van der Waals surface area contributed by atoms with Crippen molar-refractivity contribution >= 4 is 67.2 Å². The zero-order chi connectivity index (χ0) is 16.2. The summed E-state index contributed by atoms with van der Waals surface area (Å²) < 4.78 is 6.76. The minimum absolute atomic E-state index is 0.263. The molecule has 0 saturated carbocycles. The van der Waals surface area contributed by atoms with Gasteiger partial charge in [0.05, 0.1) is 11.6 Å². The molecule has 0 unspecified atom stereocenters. The first-order chi connectivity index (χ1) is 11.2. The Balaban J connectivity index is 1.72. The van der Waals surface area contributed by atoms with Crippen molar-refractivity contribution < 1.29 is 9.53 Å². The lowest BCUT2D eigenvalue weighted by molar-refractivity contribution is 0.103. The van der Waals surface area contributed by atoms with Crippen LogP contribution in [0.4, 0.5) is 5.13 Å². The normalized spacial score (nSPS) is 11.0. The second-order valence-electron chi connectivity index (χ2n) is 4.41. The summed E-state index contributed by atoms with van der Waals surface area (Å²) in [5.41, 5.74) is 0. The molecule has 0 atom stereocenters. The van der Waals surface area contributed by atoms with Gasteiger partial charge in [0.1, 0.15) is 4.88 Å². The van der Waals surface area contributed by atoms with E-state index >= 15 is 0 Å². The highest BCUT2D eigenvalue weighted by Gasteiger charge is 2.18. The second kappa shape index (κ2) is 7.59. The number of nitrogens with one attached hydrogen (secondary N) is 1. The maximum absolute atomic E-state index is 12.4. The van der Waals surface area contributed by atoms with Gasteiger partial charge in [-0.25, -0.2) is 0 Å². The van der Waals surface area contributed by atoms with E-state index in [1.165, 1.54) is 22.7 Å². The molecule has 23 heavy (non-hydrogen) atoms. The standard InChI is InChI=1S/C14H12ClN3O2S3/c1-20-6-7-21-14-18-17-13(23-14)16-12(19)11-10(15)8-4-2-3-5-9(8)22-11/h2-5H,6-7H2,1H3,(H,16,17,19). The molecule has 120 valence electrons. The summed E-state index contributed by atoms with van der Waals surface area (Å²) >= 11 is 10.5. The maximum Gasteiger partial charge on any atom is 0.269 e. The fourth-order valence-corrected chi connectivity index (χ4v) is 4.98. The number of hydrogen-bond donors (Lipinski definition) is 1. The molecule has 0 aliphatic rings. The van der Waals surface area contributed by atoms with Crippen molar-refractivity contribution in [2.24, 2.45) is 0 Å². The van der Waals surface area contributed by atoms with Crippen LogP contribution in [0, 0.1) is 0 Å². The van der Waals surface area contributed by atoms with Crippen LogP contribution in [0.15, 0.2) is 28.6 Å². The van der Waals surface area contributed by atoms with Crippen LogP contribution in [0.25, 0.3) is 10.1 Å². The number of hydrogen-bond acceptors (Lipinski definition) is 7. The lowest BCUT2D eigenvalue weighted by Gasteiger charge is -1.98. The van der Waals surface area contributed by atoms with E-state index in [1.807, 2.05) is 24.3 Å². The molecule has 1 amide bonds. The van der Waals surface area contributed by atoms with Crippen molar-refractivity contribution in [3.8, 4) is 0 Å². The predicted octanol–water partition coefficient (Wildman–Crippen LogP) is 4.40. The molecule has 0 spiro atoms. The Morgan fingerprint density at radius 2 is 2.17 bits per heavy atom. The van der Waals surface area contributed by atoms with Gasteiger partial charge in [0.25, 0.3) is 5.91 Å². The molecule has 0 aliphatic carbocycles. The molecule has 2 heterocycles. The number of ether oxygens (including phenoxy) is 1. The van der Waals surface area contributed by atoms with Crippen molar-refractivity contribution in [1.29, 1.82) is 0 Å². The number of nitrogens with zero attached hydrogens (tertiary/aromatic N) is 2.